The molecule has 0 aromatic heterocycles. The molecular weight excluding hydrogens is 367 g/mol. The summed E-state index contributed by atoms with van der Waals surface area (Å²) >= 11 is 0. The van der Waals surface area contributed by atoms with E-state index >= 15 is 0 Å². The average molecular weight is 383 g/mol. The first-order valence-corrected chi connectivity index (χ1v) is 8.29. The summed E-state index contributed by atoms with van der Waals surface area (Å²) < 4.78 is 67.9. The molecule has 0 atom stereocenters. The highest BCUT2D eigenvalue weighted by atomic mass is 32.2. The van der Waals surface area contributed by atoms with Gasteiger partial charge in [0.05, 0.1) is 7.11 Å². The Morgan fingerprint density at radius 1 is 1.24 bits per heavy atom. The molecule has 7 nitrogen and oxygen atoms in total. The number of amides is 1. The maximum Gasteiger partial charge on any atom is 0.534 e. The van der Waals surface area contributed by atoms with Gasteiger partial charge in [-0.05, 0) is 17.7 Å². The first-order chi connectivity index (χ1) is 11.4. The molecule has 0 aliphatic heterocycles. The summed E-state index contributed by atoms with van der Waals surface area (Å²) in [4.78, 5) is 23.2. The third-order valence-corrected chi connectivity index (χ3v) is 3.89. The molecule has 0 unspecified atom stereocenters. The molecule has 0 saturated carbocycles. The molecule has 0 bridgehead atoms. The Morgan fingerprint density at radius 3 is 2.32 bits per heavy atom. The summed E-state index contributed by atoms with van der Waals surface area (Å²) in [6.45, 7) is 3.30. The predicted molar refractivity (Wildman–Crippen MR) is 80.1 cm³/mol. The quantitative estimate of drug-likeness (QED) is 0.458. The molecule has 0 heterocycles. The van der Waals surface area contributed by atoms with Gasteiger partial charge >= 0.3 is 21.6 Å². The van der Waals surface area contributed by atoms with Crippen molar-refractivity contribution in [1.82, 2.24) is 5.32 Å². The highest BCUT2D eigenvalue weighted by molar-refractivity contribution is 7.88. The van der Waals surface area contributed by atoms with Gasteiger partial charge in [-0.15, -0.1) is 0 Å². The van der Waals surface area contributed by atoms with Gasteiger partial charge in [0.1, 0.15) is 5.56 Å². The van der Waals surface area contributed by atoms with E-state index < -0.39 is 32.9 Å². The zero-order chi connectivity index (χ0) is 19.4. The lowest BCUT2D eigenvalue weighted by atomic mass is 10.1. The number of carbonyl (C=O) groups excluding carboxylic acids is 2. The highest BCUT2D eigenvalue weighted by Gasteiger charge is 2.49. The van der Waals surface area contributed by atoms with Crippen LogP contribution in [0, 0.1) is 5.92 Å². The average Bonchev–Trinajstić information content (AvgIpc) is 2.51. The van der Waals surface area contributed by atoms with Crippen molar-refractivity contribution in [2.45, 2.75) is 25.9 Å². The number of benzene rings is 1. The van der Waals surface area contributed by atoms with Crippen LogP contribution in [-0.2, 0) is 26.2 Å². The molecule has 1 N–H and O–H groups in total. The largest absolute Gasteiger partial charge is 0.534 e. The first-order valence-electron chi connectivity index (χ1n) is 6.88. The van der Waals surface area contributed by atoms with Crippen molar-refractivity contribution in [1.29, 1.82) is 0 Å². The molecule has 1 aromatic rings. The molecule has 1 aromatic carbocycles. The van der Waals surface area contributed by atoms with Crippen molar-refractivity contribution in [2.24, 2.45) is 5.92 Å². The number of ether oxygens (including phenoxy) is 1. The molecule has 25 heavy (non-hydrogen) atoms. The van der Waals surface area contributed by atoms with Crippen LogP contribution in [0.25, 0.3) is 0 Å². The minimum atomic E-state index is -5.94. The molecule has 11 heteroatoms. The predicted octanol–water partition coefficient (Wildman–Crippen LogP) is 1.97. The number of esters is 1. The van der Waals surface area contributed by atoms with Crippen LogP contribution in [0.3, 0.4) is 0 Å². The molecule has 1 rings (SSSR count). The second kappa shape index (κ2) is 7.72. The molecule has 0 aliphatic carbocycles. The van der Waals surface area contributed by atoms with E-state index in [1.807, 2.05) is 0 Å². The number of alkyl halides is 3. The minimum absolute atomic E-state index is 0.0205. The lowest BCUT2D eigenvalue weighted by molar-refractivity contribution is -0.124. The summed E-state index contributed by atoms with van der Waals surface area (Å²) in [5.41, 5.74) is -5.83. The molecule has 0 radical (unpaired) electrons. The topological polar surface area (TPSA) is 98.8 Å². The first kappa shape index (κ1) is 20.7. The van der Waals surface area contributed by atoms with Gasteiger partial charge in [0.25, 0.3) is 0 Å². The van der Waals surface area contributed by atoms with Crippen LogP contribution in [0.2, 0.25) is 0 Å². The van der Waals surface area contributed by atoms with Crippen molar-refractivity contribution in [3.8, 4) is 5.75 Å². The number of rotatable bonds is 6. The SMILES string of the molecule is COC(=O)c1cc(CNC(=O)C(C)C)ccc1OS(=O)(=O)C(F)(F)F. The number of hydrogen-bond acceptors (Lipinski definition) is 6. The molecule has 0 fully saturated rings. The van der Waals surface area contributed by atoms with Crippen LogP contribution in [-0.4, -0.2) is 32.9 Å². The van der Waals surface area contributed by atoms with E-state index in [2.05, 4.69) is 14.2 Å². The Kier molecular flexibility index (Phi) is 6.41. The van der Waals surface area contributed by atoms with E-state index in [1.54, 1.807) is 13.8 Å². The smallest absolute Gasteiger partial charge is 0.465 e. The van der Waals surface area contributed by atoms with Crippen LogP contribution in [0.1, 0.15) is 29.8 Å². The Hall–Kier alpha value is -2.30. The summed E-state index contributed by atoms with van der Waals surface area (Å²) in [5.74, 6) is -2.49. The standard InChI is InChI=1S/C14H16F3NO6S/c1-8(2)12(19)18-7-9-4-5-11(10(6-9)13(20)23-3)24-25(21,22)14(15,16)17/h4-6,8H,7H2,1-3H3,(H,18,19). The highest BCUT2D eigenvalue weighted by Crippen LogP contribution is 2.29. The fraction of sp³-hybridized carbons (Fsp3) is 0.429. The van der Waals surface area contributed by atoms with Gasteiger partial charge in [-0.25, -0.2) is 4.79 Å². The number of carbonyl (C=O) groups is 2. The zero-order valence-corrected chi connectivity index (χ0v) is 14.3. The van der Waals surface area contributed by atoms with Crippen LogP contribution >= 0.6 is 0 Å². The van der Waals surface area contributed by atoms with Gasteiger partial charge in [-0.3, -0.25) is 4.79 Å². The van der Waals surface area contributed by atoms with Gasteiger partial charge < -0.3 is 14.2 Å². The monoisotopic (exact) mass is 383 g/mol. The minimum Gasteiger partial charge on any atom is -0.465 e. The number of hydrogen-bond donors (Lipinski definition) is 1. The Labute approximate surface area is 142 Å². The number of halogens is 3. The van der Waals surface area contributed by atoms with E-state index in [1.165, 1.54) is 6.07 Å². The Balaban J connectivity index is 3.15. The van der Waals surface area contributed by atoms with Crippen LogP contribution in [0.15, 0.2) is 18.2 Å². The van der Waals surface area contributed by atoms with Gasteiger partial charge in [-0.1, -0.05) is 19.9 Å². The van der Waals surface area contributed by atoms with Crippen LogP contribution in [0.5, 0.6) is 5.75 Å². The van der Waals surface area contributed by atoms with Crippen molar-refractivity contribution in [3.63, 3.8) is 0 Å². The Morgan fingerprint density at radius 2 is 1.84 bits per heavy atom. The number of methoxy groups -OCH3 is 1. The van der Waals surface area contributed by atoms with Crippen molar-refractivity contribution in [2.75, 3.05) is 7.11 Å². The molecule has 140 valence electrons. The molecular formula is C14H16F3NO6S. The van der Waals surface area contributed by atoms with Crippen molar-refractivity contribution >= 4 is 22.0 Å². The van der Waals surface area contributed by atoms with Crippen molar-refractivity contribution in [3.05, 3.63) is 29.3 Å². The van der Waals surface area contributed by atoms with E-state index in [4.69, 9.17) is 0 Å². The molecule has 0 spiro atoms. The summed E-state index contributed by atoms with van der Waals surface area (Å²) in [6.07, 6.45) is 0. The van der Waals surface area contributed by atoms with Crippen LogP contribution in [0.4, 0.5) is 13.2 Å². The third-order valence-electron chi connectivity index (χ3n) is 2.92. The molecule has 1 amide bonds. The lowest BCUT2D eigenvalue weighted by Crippen LogP contribution is -2.29. The molecule has 0 aliphatic rings. The summed E-state index contributed by atoms with van der Waals surface area (Å²) in [7, 11) is -4.97. The second-order valence-corrected chi connectivity index (χ2v) is 6.72. The lowest BCUT2D eigenvalue weighted by Gasteiger charge is -2.14. The van der Waals surface area contributed by atoms with E-state index in [-0.39, 0.29) is 18.4 Å². The maximum absolute atomic E-state index is 12.4. The fourth-order valence-electron chi connectivity index (χ4n) is 1.59. The van der Waals surface area contributed by atoms with Gasteiger partial charge in [0.15, 0.2) is 5.75 Å². The number of nitrogens with one attached hydrogen (secondary N) is 1. The van der Waals surface area contributed by atoms with Gasteiger partial charge in [0, 0.05) is 12.5 Å². The molecule has 0 saturated heterocycles. The van der Waals surface area contributed by atoms with Crippen molar-refractivity contribution < 1.29 is 40.1 Å². The normalized spacial score (nSPS) is 12.0. The Bertz CT molecular complexity index is 758. The van der Waals surface area contributed by atoms with Gasteiger partial charge in [-0.2, -0.15) is 21.6 Å². The summed E-state index contributed by atoms with van der Waals surface area (Å²) in [6, 6.07) is 3.17. The van der Waals surface area contributed by atoms with E-state index in [0.29, 0.717) is 5.56 Å². The maximum atomic E-state index is 12.4. The van der Waals surface area contributed by atoms with Gasteiger partial charge in [0.2, 0.25) is 5.91 Å². The summed E-state index contributed by atoms with van der Waals surface area (Å²) in [5, 5.41) is 2.54. The second-order valence-electron chi connectivity index (χ2n) is 5.18. The van der Waals surface area contributed by atoms with E-state index in [0.717, 1.165) is 19.2 Å². The fourth-order valence-corrected chi connectivity index (χ4v) is 2.06. The zero-order valence-electron chi connectivity index (χ0n) is 13.5. The van der Waals surface area contributed by atoms with Crippen LogP contribution < -0.4 is 9.50 Å². The van der Waals surface area contributed by atoms with E-state index in [9.17, 15) is 31.2 Å². The third kappa shape index (κ3) is 5.34.